The van der Waals surface area contributed by atoms with Crippen molar-refractivity contribution in [1.29, 1.82) is 0 Å². The number of aliphatic hydroxyl groups is 1. The molecular formula is C11H15ClFNO. The summed E-state index contributed by atoms with van der Waals surface area (Å²) < 4.78 is 12.9. The lowest BCUT2D eigenvalue weighted by atomic mass is 10.1. The predicted octanol–water partition coefficient (Wildman–Crippen LogP) is 2.51. The van der Waals surface area contributed by atoms with Crippen LogP contribution >= 0.6 is 11.6 Å². The first-order valence-corrected chi connectivity index (χ1v) is 5.24. The molecule has 0 spiro atoms. The fourth-order valence-corrected chi connectivity index (χ4v) is 1.55. The van der Waals surface area contributed by atoms with Crippen molar-refractivity contribution >= 4 is 11.6 Å². The van der Waals surface area contributed by atoms with Crippen LogP contribution in [0.1, 0.15) is 25.5 Å². The van der Waals surface area contributed by atoms with E-state index < -0.39 is 5.82 Å². The first-order valence-electron chi connectivity index (χ1n) is 4.86. The van der Waals surface area contributed by atoms with E-state index in [0.29, 0.717) is 0 Å². The molecule has 0 heterocycles. The lowest BCUT2D eigenvalue weighted by Gasteiger charge is -2.18. The van der Waals surface area contributed by atoms with Gasteiger partial charge in [-0.2, -0.15) is 0 Å². The highest BCUT2D eigenvalue weighted by molar-refractivity contribution is 6.30. The highest BCUT2D eigenvalue weighted by atomic mass is 35.5. The van der Waals surface area contributed by atoms with Crippen molar-refractivity contribution in [2.24, 2.45) is 0 Å². The van der Waals surface area contributed by atoms with Crippen LogP contribution in [0.25, 0.3) is 0 Å². The molecule has 0 saturated heterocycles. The van der Waals surface area contributed by atoms with Crippen LogP contribution in [-0.4, -0.2) is 17.8 Å². The molecule has 1 aromatic carbocycles. The number of nitrogens with one attached hydrogen (secondary N) is 1. The molecule has 2 N–H and O–H groups in total. The molecule has 0 aliphatic carbocycles. The summed E-state index contributed by atoms with van der Waals surface area (Å²) in [4.78, 5) is 0. The molecule has 0 bridgehead atoms. The average molecular weight is 232 g/mol. The van der Waals surface area contributed by atoms with Gasteiger partial charge in [0.05, 0.1) is 11.6 Å². The molecule has 0 aliphatic heterocycles. The molecule has 0 aromatic heterocycles. The second kappa shape index (κ2) is 5.45. The number of aliphatic hydroxyl groups excluding tert-OH is 1. The number of hydrogen-bond donors (Lipinski definition) is 2. The van der Waals surface area contributed by atoms with Crippen molar-refractivity contribution in [2.75, 3.05) is 6.61 Å². The Hall–Kier alpha value is -0.640. The normalized spacial score (nSPS) is 15.0. The quantitative estimate of drug-likeness (QED) is 0.835. The van der Waals surface area contributed by atoms with Crippen LogP contribution in [0.2, 0.25) is 5.02 Å². The molecule has 84 valence electrons. The first-order chi connectivity index (χ1) is 7.04. The standard InChI is InChI=1S/C11H15ClFNO/c1-7(6-15)14-8(2)9-3-4-11(13)10(12)5-9/h3-5,7-8,14-15H,6H2,1-2H3/t7-,8+/m0/s1. The topological polar surface area (TPSA) is 32.3 Å². The van der Waals surface area contributed by atoms with Crippen LogP contribution in [0.15, 0.2) is 18.2 Å². The summed E-state index contributed by atoms with van der Waals surface area (Å²) in [5.41, 5.74) is 0.904. The van der Waals surface area contributed by atoms with Gasteiger partial charge in [-0.3, -0.25) is 0 Å². The van der Waals surface area contributed by atoms with Gasteiger partial charge in [0.1, 0.15) is 5.82 Å². The number of hydrogen-bond acceptors (Lipinski definition) is 2. The third-order valence-corrected chi connectivity index (χ3v) is 2.54. The molecule has 1 rings (SSSR count). The Kier molecular flexibility index (Phi) is 4.51. The van der Waals surface area contributed by atoms with E-state index in [9.17, 15) is 4.39 Å². The minimum atomic E-state index is -0.414. The Morgan fingerprint density at radius 1 is 1.47 bits per heavy atom. The van der Waals surface area contributed by atoms with Gasteiger partial charge < -0.3 is 10.4 Å². The molecule has 0 unspecified atom stereocenters. The Morgan fingerprint density at radius 2 is 2.13 bits per heavy atom. The van der Waals surface area contributed by atoms with Crippen LogP contribution in [0.3, 0.4) is 0 Å². The van der Waals surface area contributed by atoms with Crippen LogP contribution in [0.4, 0.5) is 4.39 Å². The lowest BCUT2D eigenvalue weighted by molar-refractivity contribution is 0.243. The maximum atomic E-state index is 12.9. The number of benzene rings is 1. The molecule has 0 radical (unpaired) electrons. The SMILES string of the molecule is C[C@@H](CO)N[C@H](C)c1ccc(F)c(Cl)c1. The van der Waals surface area contributed by atoms with Gasteiger partial charge in [-0.25, -0.2) is 4.39 Å². The van der Waals surface area contributed by atoms with Crippen LogP contribution in [-0.2, 0) is 0 Å². The molecule has 0 amide bonds. The fraction of sp³-hybridized carbons (Fsp3) is 0.455. The highest BCUT2D eigenvalue weighted by Crippen LogP contribution is 2.20. The van der Waals surface area contributed by atoms with Gasteiger partial charge >= 0.3 is 0 Å². The Morgan fingerprint density at radius 3 is 2.67 bits per heavy atom. The molecule has 15 heavy (non-hydrogen) atoms. The molecule has 2 atom stereocenters. The summed E-state index contributed by atoms with van der Waals surface area (Å²) in [7, 11) is 0. The lowest BCUT2D eigenvalue weighted by Crippen LogP contribution is -2.31. The van der Waals surface area contributed by atoms with Crippen molar-refractivity contribution in [3.8, 4) is 0 Å². The molecular weight excluding hydrogens is 217 g/mol. The zero-order valence-corrected chi connectivity index (χ0v) is 9.55. The van der Waals surface area contributed by atoms with Crippen LogP contribution < -0.4 is 5.32 Å². The maximum Gasteiger partial charge on any atom is 0.141 e. The maximum absolute atomic E-state index is 12.9. The van der Waals surface area contributed by atoms with Gasteiger partial charge in [0.2, 0.25) is 0 Å². The van der Waals surface area contributed by atoms with Crippen LogP contribution in [0.5, 0.6) is 0 Å². The van der Waals surface area contributed by atoms with E-state index in [-0.39, 0.29) is 23.7 Å². The van der Waals surface area contributed by atoms with E-state index in [1.807, 2.05) is 13.8 Å². The molecule has 1 aromatic rings. The summed E-state index contributed by atoms with van der Waals surface area (Å²) in [5.74, 6) is -0.414. The smallest absolute Gasteiger partial charge is 0.141 e. The van der Waals surface area contributed by atoms with E-state index in [1.165, 1.54) is 6.07 Å². The molecule has 0 fully saturated rings. The van der Waals surface area contributed by atoms with Crippen molar-refractivity contribution in [3.63, 3.8) is 0 Å². The third kappa shape index (κ3) is 3.45. The zero-order chi connectivity index (χ0) is 11.4. The fourth-order valence-electron chi connectivity index (χ4n) is 1.36. The highest BCUT2D eigenvalue weighted by Gasteiger charge is 2.10. The van der Waals surface area contributed by atoms with E-state index >= 15 is 0 Å². The minimum Gasteiger partial charge on any atom is -0.395 e. The van der Waals surface area contributed by atoms with Gasteiger partial charge in [-0.15, -0.1) is 0 Å². The van der Waals surface area contributed by atoms with Crippen LogP contribution in [0, 0.1) is 5.82 Å². The second-order valence-corrected chi connectivity index (χ2v) is 4.05. The molecule has 2 nitrogen and oxygen atoms in total. The van der Waals surface area contributed by atoms with Crippen molar-refractivity contribution in [2.45, 2.75) is 25.9 Å². The summed E-state index contributed by atoms with van der Waals surface area (Å²) in [6.45, 7) is 3.89. The van der Waals surface area contributed by atoms with Gasteiger partial charge in [0, 0.05) is 12.1 Å². The summed E-state index contributed by atoms with van der Waals surface area (Å²) >= 11 is 5.68. The average Bonchev–Trinajstić information content (AvgIpc) is 2.21. The first kappa shape index (κ1) is 12.4. The number of rotatable bonds is 4. The van der Waals surface area contributed by atoms with Gasteiger partial charge in [-0.1, -0.05) is 17.7 Å². The summed E-state index contributed by atoms with van der Waals surface area (Å²) in [5, 5.41) is 12.2. The van der Waals surface area contributed by atoms with E-state index in [2.05, 4.69) is 5.32 Å². The monoisotopic (exact) mass is 231 g/mol. The number of halogens is 2. The van der Waals surface area contributed by atoms with E-state index in [4.69, 9.17) is 16.7 Å². The van der Waals surface area contributed by atoms with Gasteiger partial charge in [-0.05, 0) is 31.5 Å². The van der Waals surface area contributed by atoms with E-state index in [1.54, 1.807) is 12.1 Å². The largest absolute Gasteiger partial charge is 0.395 e. The predicted molar refractivity (Wildman–Crippen MR) is 59.5 cm³/mol. The minimum absolute atomic E-state index is 0.00354. The third-order valence-electron chi connectivity index (χ3n) is 2.25. The summed E-state index contributed by atoms with van der Waals surface area (Å²) in [6, 6.07) is 4.66. The van der Waals surface area contributed by atoms with Gasteiger partial charge in [0.15, 0.2) is 0 Å². The molecule has 0 saturated carbocycles. The zero-order valence-electron chi connectivity index (χ0n) is 8.80. The Balaban J connectivity index is 2.73. The Labute approximate surface area is 94.1 Å². The summed E-state index contributed by atoms with van der Waals surface area (Å²) in [6.07, 6.45) is 0. The molecule has 0 aliphatic rings. The molecule has 4 heteroatoms. The Bertz CT molecular complexity index is 332. The van der Waals surface area contributed by atoms with Crippen molar-refractivity contribution < 1.29 is 9.50 Å². The van der Waals surface area contributed by atoms with Gasteiger partial charge in [0.25, 0.3) is 0 Å². The van der Waals surface area contributed by atoms with E-state index in [0.717, 1.165) is 5.56 Å². The van der Waals surface area contributed by atoms with Crippen molar-refractivity contribution in [1.82, 2.24) is 5.32 Å². The second-order valence-electron chi connectivity index (χ2n) is 3.65. The van der Waals surface area contributed by atoms with Crippen molar-refractivity contribution in [3.05, 3.63) is 34.6 Å².